The summed E-state index contributed by atoms with van der Waals surface area (Å²) in [6.07, 6.45) is 1.00. The van der Waals surface area contributed by atoms with Crippen LogP contribution in [0.15, 0.2) is 46.9 Å². The molecule has 2 rings (SSSR count). The van der Waals surface area contributed by atoms with E-state index in [2.05, 4.69) is 59.4 Å². The molecule has 1 nitrogen and oxygen atoms in total. The monoisotopic (exact) mass is 385 g/mol. The van der Waals surface area contributed by atoms with Gasteiger partial charge in [0.05, 0.1) is 10.0 Å². The Labute approximate surface area is 144 Å². The van der Waals surface area contributed by atoms with Crippen LogP contribution in [0, 0.1) is 0 Å². The van der Waals surface area contributed by atoms with Gasteiger partial charge in [0.2, 0.25) is 0 Å². The molecule has 0 bridgehead atoms. The zero-order chi connectivity index (χ0) is 15.4. The van der Waals surface area contributed by atoms with Crippen LogP contribution >= 0.6 is 39.1 Å². The lowest BCUT2D eigenvalue weighted by Crippen LogP contribution is -2.24. The summed E-state index contributed by atoms with van der Waals surface area (Å²) in [5.41, 5.74) is 2.30. The Morgan fingerprint density at radius 2 is 1.76 bits per heavy atom. The molecule has 0 aliphatic heterocycles. The zero-order valence-electron chi connectivity index (χ0n) is 12.0. The third-order valence-electron chi connectivity index (χ3n) is 3.58. The summed E-state index contributed by atoms with van der Waals surface area (Å²) < 4.78 is 1.09. The van der Waals surface area contributed by atoms with Gasteiger partial charge in [0, 0.05) is 16.6 Å². The highest BCUT2D eigenvalue weighted by Gasteiger charge is 2.16. The standard InChI is InChI=1S/C17H18BrCl2N/c1-3-16(12-7-9-13(18)10-8-12)21-11(2)14-5-4-6-15(19)17(14)20/h4-11,16,21H,3H2,1-2H3. The highest BCUT2D eigenvalue weighted by Crippen LogP contribution is 2.31. The van der Waals surface area contributed by atoms with Crippen LogP contribution in [-0.4, -0.2) is 0 Å². The van der Waals surface area contributed by atoms with Gasteiger partial charge in [-0.1, -0.05) is 70.3 Å². The van der Waals surface area contributed by atoms with Gasteiger partial charge in [-0.2, -0.15) is 0 Å². The van der Waals surface area contributed by atoms with Crippen molar-refractivity contribution < 1.29 is 0 Å². The molecule has 2 aromatic carbocycles. The van der Waals surface area contributed by atoms with E-state index in [0.29, 0.717) is 10.0 Å². The first-order chi connectivity index (χ1) is 10.0. The van der Waals surface area contributed by atoms with E-state index in [1.165, 1.54) is 5.56 Å². The van der Waals surface area contributed by atoms with Gasteiger partial charge < -0.3 is 5.32 Å². The summed E-state index contributed by atoms with van der Waals surface area (Å²) in [4.78, 5) is 0. The predicted octanol–water partition coefficient (Wildman–Crippen LogP) is 6.56. The fourth-order valence-electron chi connectivity index (χ4n) is 2.39. The van der Waals surface area contributed by atoms with E-state index in [0.717, 1.165) is 16.5 Å². The predicted molar refractivity (Wildman–Crippen MR) is 95.2 cm³/mol. The quantitative estimate of drug-likeness (QED) is 0.613. The molecule has 0 aliphatic rings. The molecule has 4 heteroatoms. The van der Waals surface area contributed by atoms with Crippen LogP contribution in [0.4, 0.5) is 0 Å². The van der Waals surface area contributed by atoms with E-state index < -0.39 is 0 Å². The van der Waals surface area contributed by atoms with Crippen molar-refractivity contribution in [1.29, 1.82) is 0 Å². The van der Waals surface area contributed by atoms with Crippen molar-refractivity contribution in [3.8, 4) is 0 Å². The van der Waals surface area contributed by atoms with E-state index in [-0.39, 0.29) is 12.1 Å². The molecule has 0 aromatic heterocycles. The molecule has 112 valence electrons. The Hall–Kier alpha value is -0.540. The minimum absolute atomic E-state index is 0.129. The van der Waals surface area contributed by atoms with Crippen LogP contribution in [0.5, 0.6) is 0 Å². The molecule has 2 atom stereocenters. The molecule has 0 fully saturated rings. The molecule has 0 heterocycles. The Morgan fingerprint density at radius 1 is 1.10 bits per heavy atom. The highest BCUT2D eigenvalue weighted by atomic mass is 79.9. The summed E-state index contributed by atoms with van der Waals surface area (Å²) >= 11 is 15.9. The molecule has 0 amide bonds. The van der Waals surface area contributed by atoms with Gasteiger partial charge in [-0.05, 0) is 42.7 Å². The summed E-state index contributed by atoms with van der Waals surface area (Å²) in [6, 6.07) is 14.6. The van der Waals surface area contributed by atoms with Crippen LogP contribution < -0.4 is 5.32 Å². The molecule has 0 saturated carbocycles. The molecule has 0 aliphatic carbocycles. The van der Waals surface area contributed by atoms with Crippen molar-refractivity contribution in [2.75, 3.05) is 0 Å². The van der Waals surface area contributed by atoms with E-state index in [1.54, 1.807) is 0 Å². The van der Waals surface area contributed by atoms with E-state index in [9.17, 15) is 0 Å². The van der Waals surface area contributed by atoms with Crippen molar-refractivity contribution in [2.24, 2.45) is 0 Å². The lowest BCUT2D eigenvalue weighted by molar-refractivity contribution is 0.456. The minimum atomic E-state index is 0.129. The maximum absolute atomic E-state index is 6.30. The Kier molecular flexibility index (Phi) is 6.12. The largest absolute Gasteiger partial charge is 0.303 e. The number of hydrogen-bond acceptors (Lipinski definition) is 1. The summed E-state index contributed by atoms with van der Waals surface area (Å²) in [5.74, 6) is 0. The molecule has 21 heavy (non-hydrogen) atoms. The number of benzene rings is 2. The highest BCUT2D eigenvalue weighted by molar-refractivity contribution is 9.10. The number of rotatable bonds is 5. The fraction of sp³-hybridized carbons (Fsp3) is 0.294. The van der Waals surface area contributed by atoms with Crippen molar-refractivity contribution in [3.63, 3.8) is 0 Å². The Balaban J connectivity index is 2.18. The summed E-state index contributed by atoms with van der Waals surface area (Å²) in [5, 5.41) is 4.85. The number of halogens is 3. The van der Waals surface area contributed by atoms with Gasteiger partial charge in [0.1, 0.15) is 0 Å². The van der Waals surface area contributed by atoms with Crippen molar-refractivity contribution in [1.82, 2.24) is 5.32 Å². The van der Waals surface area contributed by atoms with Crippen LogP contribution in [-0.2, 0) is 0 Å². The topological polar surface area (TPSA) is 12.0 Å². The zero-order valence-corrected chi connectivity index (χ0v) is 15.1. The van der Waals surface area contributed by atoms with E-state index >= 15 is 0 Å². The molecule has 2 aromatic rings. The van der Waals surface area contributed by atoms with Gasteiger partial charge >= 0.3 is 0 Å². The average molecular weight is 387 g/mol. The minimum Gasteiger partial charge on any atom is -0.303 e. The van der Waals surface area contributed by atoms with Gasteiger partial charge in [0.15, 0.2) is 0 Å². The fourth-order valence-corrected chi connectivity index (χ4v) is 3.13. The molecule has 0 saturated heterocycles. The van der Waals surface area contributed by atoms with Gasteiger partial charge in [-0.3, -0.25) is 0 Å². The number of nitrogens with one attached hydrogen (secondary N) is 1. The van der Waals surface area contributed by atoms with Crippen molar-refractivity contribution in [2.45, 2.75) is 32.4 Å². The van der Waals surface area contributed by atoms with Crippen molar-refractivity contribution >= 4 is 39.1 Å². The van der Waals surface area contributed by atoms with Crippen LogP contribution in [0.1, 0.15) is 43.5 Å². The Bertz CT molecular complexity index is 598. The summed E-state index contributed by atoms with van der Waals surface area (Å²) in [7, 11) is 0. The lowest BCUT2D eigenvalue weighted by atomic mass is 10.0. The third-order valence-corrected chi connectivity index (χ3v) is 4.94. The smallest absolute Gasteiger partial charge is 0.0639 e. The Morgan fingerprint density at radius 3 is 2.38 bits per heavy atom. The van der Waals surface area contributed by atoms with E-state index in [4.69, 9.17) is 23.2 Å². The first-order valence-corrected chi connectivity index (χ1v) is 8.53. The van der Waals surface area contributed by atoms with Gasteiger partial charge in [0.25, 0.3) is 0 Å². The van der Waals surface area contributed by atoms with Crippen molar-refractivity contribution in [3.05, 3.63) is 68.1 Å². The third kappa shape index (κ3) is 4.23. The van der Waals surface area contributed by atoms with Crippen LogP contribution in [0.3, 0.4) is 0 Å². The average Bonchev–Trinajstić information content (AvgIpc) is 2.48. The SMILES string of the molecule is CCC(NC(C)c1cccc(Cl)c1Cl)c1ccc(Br)cc1. The second-order valence-corrected chi connectivity index (χ2v) is 6.74. The first-order valence-electron chi connectivity index (χ1n) is 6.98. The molecule has 1 N–H and O–H groups in total. The van der Waals surface area contributed by atoms with Crippen LogP contribution in [0.2, 0.25) is 10.0 Å². The van der Waals surface area contributed by atoms with Crippen LogP contribution in [0.25, 0.3) is 0 Å². The maximum Gasteiger partial charge on any atom is 0.0639 e. The molecule has 0 radical (unpaired) electrons. The lowest BCUT2D eigenvalue weighted by Gasteiger charge is -2.24. The maximum atomic E-state index is 6.30. The number of hydrogen-bond donors (Lipinski definition) is 1. The molecular weight excluding hydrogens is 369 g/mol. The normalized spacial score (nSPS) is 14.0. The summed E-state index contributed by atoms with van der Waals surface area (Å²) in [6.45, 7) is 4.28. The second-order valence-electron chi connectivity index (χ2n) is 5.04. The van der Waals surface area contributed by atoms with Gasteiger partial charge in [-0.15, -0.1) is 0 Å². The van der Waals surface area contributed by atoms with E-state index in [1.807, 2.05) is 18.2 Å². The van der Waals surface area contributed by atoms with Gasteiger partial charge in [-0.25, -0.2) is 0 Å². The molecule has 2 unspecified atom stereocenters. The first kappa shape index (κ1) is 16.8. The molecule has 0 spiro atoms. The second kappa shape index (κ2) is 7.64. The molecular formula is C17H18BrCl2N.